The molecular formula is C22H17BrClN5O6. The number of nitro groups is 1. The summed E-state index contributed by atoms with van der Waals surface area (Å²) in [6, 6.07) is 9.14. The number of aromatic nitrogens is 1. The number of ether oxygens (including phenoxy) is 2. The van der Waals surface area contributed by atoms with Gasteiger partial charge in [-0.3, -0.25) is 14.9 Å². The molecule has 35 heavy (non-hydrogen) atoms. The lowest BCUT2D eigenvalue weighted by atomic mass is 10.1. The first-order valence-corrected chi connectivity index (χ1v) is 11.0. The van der Waals surface area contributed by atoms with E-state index in [1.807, 2.05) is 6.07 Å². The van der Waals surface area contributed by atoms with Crippen LogP contribution in [-0.4, -0.2) is 35.7 Å². The number of benzene rings is 1. The SMILES string of the molecule is COCc1c(Br)c(C)nc(OCC(=O)N/N=C/c2ccc(-c3cc([N+](=O)[O-])ccc3Cl)o2)c1C#N. The number of hydrogen-bond donors (Lipinski definition) is 1. The molecule has 2 aromatic heterocycles. The molecule has 1 amide bonds. The second-order valence-electron chi connectivity index (χ2n) is 6.92. The van der Waals surface area contributed by atoms with Crippen molar-refractivity contribution in [2.24, 2.45) is 5.10 Å². The number of nitrogens with one attached hydrogen (secondary N) is 1. The summed E-state index contributed by atoms with van der Waals surface area (Å²) >= 11 is 9.50. The molecule has 0 bridgehead atoms. The van der Waals surface area contributed by atoms with Crippen LogP contribution < -0.4 is 10.2 Å². The van der Waals surface area contributed by atoms with Crippen LogP contribution in [0.2, 0.25) is 5.02 Å². The molecule has 0 aliphatic rings. The molecule has 0 aliphatic carbocycles. The smallest absolute Gasteiger partial charge is 0.278 e. The third-order valence-corrected chi connectivity index (χ3v) is 5.92. The molecule has 1 aromatic carbocycles. The lowest BCUT2D eigenvalue weighted by molar-refractivity contribution is -0.384. The number of rotatable bonds is 9. The summed E-state index contributed by atoms with van der Waals surface area (Å²) in [4.78, 5) is 26.8. The summed E-state index contributed by atoms with van der Waals surface area (Å²) in [6.45, 7) is 1.44. The van der Waals surface area contributed by atoms with Gasteiger partial charge < -0.3 is 13.9 Å². The second kappa shape index (κ2) is 11.6. The van der Waals surface area contributed by atoms with E-state index in [0.29, 0.717) is 27.1 Å². The molecular weight excluding hydrogens is 546 g/mol. The Hall–Kier alpha value is -3.79. The minimum atomic E-state index is -0.602. The molecule has 1 N–H and O–H groups in total. The average molecular weight is 563 g/mol. The van der Waals surface area contributed by atoms with E-state index < -0.39 is 17.4 Å². The van der Waals surface area contributed by atoms with Crippen molar-refractivity contribution in [1.29, 1.82) is 5.26 Å². The average Bonchev–Trinajstić information content (AvgIpc) is 3.29. The molecule has 180 valence electrons. The van der Waals surface area contributed by atoms with Crippen LogP contribution in [0.1, 0.15) is 22.6 Å². The zero-order valence-electron chi connectivity index (χ0n) is 18.4. The molecule has 3 rings (SSSR count). The molecule has 0 fully saturated rings. The maximum absolute atomic E-state index is 12.1. The van der Waals surface area contributed by atoms with Gasteiger partial charge in [0.05, 0.1) is 28.5 Å². The Labute approximate surface area is 212 Å². The normalized spacial score (nSPS) is 10.8. The van der Waals surface area contributed by atoms with Crippen LogP contribution in [0.5, 0.6) is 5.88 Å². The minimum absolute atomic E-state index is 0.00360. The van der Waals surface area contributed by atoms with Crippen molar-refractivity contribution in [2.45, 2.75) is 13.5 Å². The highest BCUT2D eigenvalue weighted by Gasteiger charge is 2.18. The molecule has 0 saturated heterocycles. The Bertz CT molecular complexity index is 1350. The fraction of sp³-hybridized carbons (Fsp3) is 0.182. The molecule has 3 aromatic rings. The summed E-state index contributed by atoms with van der Waals surface area (Å²) in [5.41, 5.74) is 3.78. The Morgan fingerprint density at radius 1 is 1.43 bits per heavy atom. The van der Waals surface area contributed by atoms with Gasteiger partial charge >= 0.3 is 0 Å². The van der Waals surface area contributed by atoms with Gasteiger partial charge in [-0.15, -0.1) is 0 Å². The molecule has 0 atom stereocenters. The predicted octanol–water partition coefficient (Wildman–Crippen LogP) is 4.52. The topological polar surface area (TPSA) is 153 Å². The molecule has 13 heteroatoms. The van der Waals surface area contributed by atoms with E-state index in [1.165, 1.54) is 31.5 Å². The summed E-state index contributed by atoms with van der Waals surface area (Å²) in [5.74, 6) is -0.0365. The summed E-state index contributed by atoms with van der Waals surface area (Å²) in [5, 5.41) is 24.6. The molecule has 0 saturated carbocycles. The van der Waals surface area contributed by atoms with Crippen molar-refractivity contribution < 1.29 is 23.6 Å². The largest absolute Gasteiger partial charge is 0.467 e. The van der Waals surface area contributed by atoms with E-state index in [1.54, 1.807) is 19.1 Å². The number of carbonyl (C=O) groups is 1. The van der Waals surface area contributed by atoms with Crippen LogP contribution in [0.4, 0.5) is 5.69 Å². The highest BCUT2D eigenvalue weighted by molar-refractivity contribution is 9.10. The number of pyridine rings is 1. The summed E-state index contributed by atoms with van der Waals surface area (Å²) in [7, 11) is 1.50. The first-order valence-electron chi connectivity index (χ1n) is 9.82. The Morgan fingerprint density at radius 3 is 2.89 bits per heavy atom. The van der Waals surface area contributed by atoms with E-state index in [0.717, 1.165) is 0 Å². The highest BCUT2D eigenvalue weighted by Crippen LogP contribution is 2.32. The number of nitriles is 1. The molecule has 0 aliphatic heterocycles. The van der Waals surface area contributed by atoms with Gasteiger partial charge in [-0.05, 0) is 41.1 Å². The summed E-state index contributed by atoms with van der Waals surface area (Å²) in [6.07, 6.45) is 1.24. The predicted molar refractivity (Wildman–Crippen MR) is 129 cm³/mol. The number of amides is 1. The maximum atomic E-state index is 12.1. The number of furan rings is 1. The van der Waals surface area contributed by atoms with Gasteiger partial charge in [-0.25, -0.2) is 10.4 Å². The van der Waals surface area contributed by atoms with Gasteiger partial charge in [0.2, 0.25) is 5.88 Å². The quantitative estimate of drug-likeness (QED) is 0.227. The van der Waals surface area contributed by atoms with E-state index in [4.69, 9.17) is 25.5 Å². The van der Waals surface area contributed by atoms with Crippen LogP contribution in [0, 0.1) is 28.4 Å². The van der Waals surface area contributed by atoms with Crippen LogP contribution in [0.15, 0.2) is 44.3 Å². The standard InChI is InChI=1S/C22H17BrClN5O6/c1-12-21(23)17(10-33-2)16(8-25)22(27-12)34-11-20(30)28-26-9-14-4-6-19(35-14)15-7-13(29(31)32)3-5-18(15)24/h3-7,9H,10-11H2,1-2H3,(H,28,30)/b26-9+. The molecule has 0 spiro atoms. The summed E-state index contributed by atoms with van der Waals surface area (Å²) < 4.78 is 16.8. The first-order chi connectivity index (χ1) is 16.7. The number of halogens is 2. The monoisotopic (exact) mass is 561 g/mol. The number of non-ortho nitro benzene ring substituents is 1. The maximum Gasteiger partial charge on any atom is 0.278 e. The Balaban J connectivity index is 1.64. The third kappa shape index (κ3) is 6.21. The molecule has 11 nitrogen and oxygen atoms in total. The number of hydrazone groups is 1. The Morgan fingerprint density at radius 2 is 2.20 bits per heavy atom. The van der Waals surface area contributed by atoms with E-state index in [-0.39, 0.29) is 34.5 Å². The highest BCUT2D eigenvalue weighted by atomic mass is 79.9. The number of aryl methyl sites for hydroxylation is 1. The number of nitro benzene ring substituents is 1. The molecule has 0 radical (unpaired) electrons. The van der Waals surface area contributed by atoms with Gasteiger partial charge in [0.1, 0.15) is 23.2 Å². The van der Waals surface area contributed by atoms with E-state index in [9.17, 15) is 20.2 Å². The zero-order valence-corrected chi connectivity index (χ0v) is 20.7. The van der Waals surface area contributed by atoms with Crippen LogP contribution in [-0.2, 0) is 16.1 Å². The minimum Gasteiger partial charge on any atom is -0.467 e. The van der Waals surface area contributed by atoms with Gasteiger partial charge in [-0.2, -0.15) is 10.4 Å². The first kappa shape index (κ1) is 25.8. The molecule has 2 heterocycles. The zero-order chi connectivity index (χ0) is 25.5. The fourth-order valence-electron chi connectivity index (χ4n) is 2.93. The van der Waals surface area contributed by atoms with Crippen LogP contribution >= 0.6 is 27.5 Å². The van der Waals surface area contributed by atoms with Gasteiger partial charge in [0.25, 0.3) is 11.6 Å². The van der Waals surface area contributed by atoms with E-state index >= 15 is 0 Å². The van der Waals surface area contributed by atoms with Crippen molar-refractivity contribution in [3.63, 3.8) is 0 Å². The Kier molecular flexibility index (Phi) is 8.53. The van der Waals surface area contributed by atoms with Crippen molar-refractivity contribution >= 4 is 45.3 Å². The van der Waals surface area contributed by atoms with E-state index in [2.05, 4.69) is 31.4 Å². The number of methoxy groups -OCH3 is 1. The third-order valence-electron chi connectivity index (χ3n) is 4.54. The van der Waals surface area contributed by atoms with Gasteiger partial charge in [-0.1, -0.05) is 11.6 Å². The second-order valence-corrected chi connectivity index (χ2v) is 8.12. The lowest BCUT2D eigenvalue weighted by Gasteiger charge is -2.13. The number of hydrogen-bond acceptors (Lipinski definition) is 9. The van der Waals surface area contributed by atoms with Crippen molar-refractivity contribution in [3.8, 4) is 23.3 Å². The van der Waals surface area contributed by atoms with Crippen molar-refractivity contribution in [1.82, 2.24) is 10.4 Å². The van der Waals surface area contributed by atoms with Gasteiger partial charge in [0, 0.05) is 34.8 Å². The number of carbonyl (C=O) groups excluding carboxylic acids is 1. The van der Waals surface area contributed by atoms with Crippen LogP contribution in [0.25, 0.3) is 11.3 Å². The number of nitrogens with zero attached hydrogens (tertiary/aromatic N) is 4. The van der Waals surface area contributed by atoms with Crippen LogP contribution in [0.3, 0.4) is 0 Å². The molecule has 0 unspecified atom stereocenters. The van der Waals surface area contributed by atoms with Gasteiger partial charge in [0.15, 0.2) is 6.61 Å². The van der Waals surface area contributed by atoms with Crippen molar-refractivity contribution in [3.05, 3.63) is 72.5 Å². The lowest BCUT2D eigenvalue weighted by Crippen LogP contribution is -2.25. The van der Waals surface area contributed by atoms with Crippen molar-refractivity contribution in [2.75, 3.05) is 13.7 Å². The fourth-order valence-corrected chi connectivity index (χ4v) is 3.54.